The van der Waals surface area contributed by atoms with Crippen LogP contribution in [0, 0.1) is 5.82 Å². The second kappa shape index (κ2) is 6.18. The van der Waals surface area contributed by atoms with E-state index in [1.807, 2.05) is 30.3 Å². The van der Waals surface area contributed by atoms with E-state index >= 15 is 0 Å². The van der Waals surface area contributed by atoms with Gasteiger partial charge < -0.3 is 5.32 Å². The molecular formula is C18H13FN2O. The highest BCUT2D eigenvalue weighted by molar-refractivity contribution is 6.04. The van der Waals surface area contributed by atoms with Crippen LogP contribution < -0.4 is 5.32 Å². The number of carbonyl (C=O) groups excluding carboxylic acids is 1. The number of anilines is 1. The van der Waals surface area contributed by atoms with Crippen molar-refractivity contribution in [3.05, 3.63) is 84.4 Å². The summed E-state index contributed by atoms with van der Waals surface area (Å²) < 4.78 is 13.0. The number of amides is 1. The molecule has 1 aromatic heterocycles. The maximum atomic E-state index is 13.0. The molecular weight excluding hydrogens is 279 g/mol. The van der Waals surface area contributed by atoms with Gasteiger partial charge in [-0.1, -0.05) is 30.3 Å². The van der Waals surface area contributed by atoms with Crippen LogP contribution in [0.2, 0.25) is 0 Å². The van der Waals surface area contributed by atoms with E-state index in [1.165, 1.54) is 18.3 Å². The number of aromatic nitrogens is 1. The SMILES string of the molecule is O=C(Nc1ccccc1)c1cncc(-c2ccc(F)cc2)c1. The second-order valence-electron chi connectivity index (χ2n) is 4.79. The van der Waals surface area contributed by atoms with Gasteiger partial charge in [-0.15, -0.1) is 0 Å². The highest BCUT2D eigenvalue weighted by Crippen LogP contribution is 2.20. The molecule has 0 aliphatic carbocycles. The predicted molar refractivity (Wildman–Crippen MR) is 84.0 cm³/mol. The number of benzene rings is 2. The summed E-state index contributed by atoms with van der Waals surface area (Å²) in [4.78, 5) is 16.3. The third-order valence-electron chi connectivity index (χ3n) is 3.21. The average Bonchev–Trinajstić information content (AvgIpc) is 2.56. The third kappa shape index (κ3) is 3.17. The Morgan fingerprint density at radius 1 is 0.909 bits per heavy atom. The van der Waals surface area contributed by atoms with Crippen LogP contribution in [0.1, 0.15) is 10.4 Å². The van der Waals surface area contributed by atoms with Crippen molar-refractivity contribution in [2.75, 3.05) is 5.32 Å². The van der Waals surface area contributed by atoms with Gasteiger partial charge in [0.25, 0.3) is 5.91 Å². The zero-order chi connectivity index (χ0) is 15.4. The molecule has 2 aromatic carbocycles. The molecule has 3 nitrogen and oxygen atoms in total. The van der Waals surface area contributed by atoms with Gasteiger partial charge >= 0.3 is 0 Å². The number of hydrogen-bond donors (Lipinski definition) is 1. The molecule has 22 heavy (non-hydrogen) atoms. The van der Waals surface area contributed by atoms with Crippen LogP contribution in [0.5, 0.6) is 0 Å². The molecule has 0 aliphatic heterocycles. The van der Waals surface area contributed by atoms with Crippen molar-refractivity contribution in [1.29, 1.82) is 0 Å². The van der Waals surface area contributed by atoms with Crippen LogP contribution in [0.15, 0.2) is 73.1 Å². The van der Waals surface area contributed by atoms with E-state index in [9.17, 15) is 9.18 Å². The fraction of sp³-hybridized carbons (Fsp3) is 0. The summed E-state index contributed by atoms with van der Waals surface area (Å²) >= 11 is 0. The van der Waals surface area contributed by atoms with Crippen molar-refractivity contribution in [2.45, 2.75) is 0 Å². The fourth-order valence-electron chi connectivity index (χ4n) is 2.09. The Hall–Kier alpha value is -3.01. The van der Waals surface area contributed by atoms with Gasteiger partial charge in [0.1, 0.15) is 5.82 Å². The van der Waals surface area contributed by atoms with Crippen LogP contribution in [0.4, 0.5) is 10.1 Å². The molecule has 3 aromatic rings. The summed E-state index contributed by atoms with van der Waals surface area (Å²) in [7, 11) is 0. The quantitative estimate of drug-likeness (QED) is 0.788. The molecule has 0 fully saturated rings. The lowest BCUT2D eigenvalue weighted by atomic mass is 10.1. The van der Waals surface area contributed by atoms with Crippen molar-refractivity contribution in [1.82, 2.24) is 4.98 Å². The summed E-state index contributed by atoms with van der Waals surface area (Å²) in [5, 5.41) is 2.81. The molecule has 0 saturated carbocycles. The van der Waals surface area contributed by atoms with Crippen LogP contribution in [-0.2, 0) is 0 Å². The lowest BCUT2D eigenvalue weighted by molar-refractivity contribution is 0.102. The van der Waals surface area contributed by atoms with E-state index in [-0.39, 0.29) is 11.7 Å². The molecule has 0 aliphatic rings. The number of para-hydroxylation sites is 1. The van der Waals surface area contributed by atoms with Crippen LogP contribution >= 0.6 is 0 Å². The molecule has 1 heterocycles. The van der Waals surface area contributed by atoms with Crippen LogP contribution in [0.3, 0.4) is 0 Å². The number of hydrogen-bond acceptors (Lipinski definition) is 2. The first-order valence-electron chi connectivity index (χ1n) is 6.80. The average molecular weight is 292 g/mol. The van der Waals surface area contributed by atoms with E-state index in [4.69, 9.17) is 0 Å². The minimum atomic E-state index is -0.297. The molecule has 0 spiro atoms. The normalized spacial score (nSPS) is 10.2. The first-order chi connectivity index (χ1) is 10.7. The van der Waals surface area contributed by atoms with Gasteiger partial charge in [-0.3, -0.25) is 9.78 Å². The number of nitrogens with one attached hydrogen (secondary N) is 1. The number of rotatable bonds is 3. The van der Waals surface area contributed by atoms with Gasteiger partial charge in [0.15, 0.2) is 0 Å². The molecule has 0 saturated heterocycles. The molecule has 0 unspecified atom stereocenters. The van der Waals surface area contributed by atoms with Gasteiger partial charge in [-0.25, -0.2) is 4.39 Å². The van der Waals surface area contributed by atoms with E-state index in [0.717, 1.165) is 16.8 Å². The van der Waals surface area contributed by atoms with Crippen molar-refractivity contribution < 1.29 is 9.18 Å². The van der Waals surface area contributed by atoms with Crippen molar-refractivity contribution in [2.24, 2.45) is 0 Å². The van der Waals surface area contributed by atoms with Crippen molar-refractivity contribution in [3.8, 4) is 11.1 Å². The number of carbonyl (C=O) groups is 1. The molecule has 0 radical (unpaired) electrons. The Kier molecular flexibility index (Phi) is 3.92. The van der Waals surface area contributed by atoms with Gasteiger partial charge in [0.2, 0.25) is 0 Å². The topological polar surface area (TPSA) is 42.0 Å². The third-order valence-corrected chi connectivity index (χ3v) is 3.21. The minimum Gasteiger partial charge on any atom is -0.322 e. The Balaban J connectivity index is 1.84. The first kappa shape index (κ1) is 13.9. The smallest absolute Gasteiger partial charge is 0.257 e. The zero-order valence-corrected chi connectivity index (χ0v) is 11.7. The molecule has 1 N–H and O–H groups in total. The zero-order valence-electron chi connectivity index (χ0n) is 11.7. The standard InChI is InChI=1S/C18H13FN2O/c19-16-8-6-13(7-9-16)14-10-15(12-20-11-14)18(22)21-17-4-2-1-3-5-17/h1-12H,(H,21,22). The van der Waals surface area contributed by atoms with Crippen molar-refractivity contribution >= 4 is 11.6 Å². The Morgan fingerprint density at radius 3 is 2.36 bits per heavy atom. The van der Waals surface area contributed by atoms with E-state index in [2.05, 4.69) is 10.3 Å². The van der Waals surface area contributed by atoms with E-state index in [1.54, 1.807) is 24.4 Å². The van der Waals surface area contributed by atoms with E-state index < -0.39 is 0 Å². The maximum Gasteiger partial charge on any atom is 0.257 e. The summed E-state index contributed by atoms with van der Waals surface area (Å²) in [6.07, 6.45) is 3.15. The maximum absolute atomic E-state index is 13.0. The summed E-state index contributed by atoms with van der Waals surface area (Å²) in [5.41, 5.74) is 2.74. The first-order valence-corrected chi connectivity index (χ1v) is 6.80. The Morgan fingerprint density at radius 2 is 1.64 bits per heavy atom. The minimum absolute atomic E-state index is 0.234. The lowest BCUT2D eigenvalue weighted by Gasteiger charge is -2.07. The van der Waals surface area contributed by atoms with Gasteiger partial charge in [0, 0.05) is 23.6 Å². The monoisotopic (exact) mass is 292 g/mol. The molecule has 4 heteroatoms. The van der Waals surface area contributed by atoms with Gasteiger partial charge in [0.05, 0.1) is 5.56 Å². The largest absolute Gasteiger partial charge is 0.322 e. The molecule has 0 bridgehead atoms. The van der Waals surface area contributed by atoms with Crippen LogP contribution in [0.25, 0.3) is 11.1 Å². The molecule has 108 valence electrons. The lowest BCUT2D eigenvalue weighted by Crippen LogP contribution is -2.12. The number of pyridine rings is 1. The summed E-state index contributed by atoms with van der Waals surface area (Å²) in [6.45, 7) is 0. The highest BCUT2D eigenvalue weighted by Gasteiger charge is 2.08. The molecule has 0 atom stereocenters. The summed E-state index contributed by atoms with van der Waals surface area (Å²) in [6, 6.07) is 17.0. The van der Waals surface area contributed by atoms with Gasteiger partial charge in [-0.2, -0.15) is 0 Å². The van der Waals surface area contributed by atoms with Crippen LogP contribution in [-0.4, -0.2) is 10.9 Å². The van der Waals surface area contributed by atoms with Gasteiger partial charge in [-0.05, 0) is 35.9 Å². The fourth-order valence-corrected chi connectivity index (χ4v) is 2.09. The van der Waals surface area contributed by atoms with E-state index in [0.29, 0.717) is 5.56 Å². The van der Waals surface area contributed by atoms with Crippen molar-refractivity contribution in [3.63, 3.8) is 0 Å². The summed E-state index contributed by atoms with van der Waals surface area (Å²) in [5.74, 6) is -0.530. The Bertz CT molecular complexity index is 786. The highest BCUT2D eigenvalue weighted by atomic mass is 19.1. The number of nitrogens with zero attached hydrogens (tertiary/aromatic N) is 1. The molecule has 3 rings (SSSR count). The second-order valence-corrected chi connectivity index (χ2v) is 4.79. The molecule has 1 amide bonds. The Labute approximate surface area is 127 Å². The predicted octanol–water partition coefficient (Wildman–Crippen LogP) is 4.14. The number of halogens is 1.